The lowest BCUT2D eigenvalue weighted by Gasteiger charge is -2.38. The van der Waals surface area contributed by atoms with Crippen LogP contribution in [-0.4, -0.2) is 27.6 Å². The molecule has 0 aliphatic rings. The van der Waals surface area contributed by atoms with Gasteiger partial charge in [-0.2, -0.15) is 0 Å². The van der Waals surface area contributed by atoms with Gasteiger partial charge in [0.25, 0.3) is 0 Å². The summed E-state index contributed by atoms with van der Waals surface area (Å²) in [5, 5.41) is 0.150. The van der Waals surface area contributed by atoms with Crippen LogP contribution in [0.3, 0.4) is 0 Å². The van der Waals surface area contributed by atoms with Crippen molar-refractivity contribution in [2.24, 2.45) is 0 Å². The third-order valence-electron chi connectivity index (χ3n) is 4.10. The molecule has 0 aliphatic carbocycles. The largest absolute Gasteiger partial charge is 0.469 e. The molecule has 0 N–H and O–H groups in total. The van der Waals surface area contributed by atoms with E-state index in [4.69, 9.17) is 20.0 Å². The maximum Gasteiger partial charge on any atom is 0.193 e. The second kappa shape index (κ2) is 8.98. The lowest BCUT2D eigenvalue weighted by atomic mass is 10.2. The fraction of sp³-hybridized carbons (Fsp3) is 0.579. The lowest BCUT2D eigenvalue weighted by molar-refractivity contribution is 0.202. The number of furan rings is 1. The zero-order chi connectivity index (χ0) is 17.3. The van der Waals surface area contributed by atoms with Crippen molar-refractivity contribution in [3.8, 4) is 24.2 Å². The zero-order valence-electron chi connectivity index (χ0n) is 14.9. The predicted octanol–water partition coefficient (Wildman–Crippen LogP) is 4.26. The van der Waals surface area contributed by atoms with Crippen LogP contribution in [-0.2, 0) is 15.6 Å². The van der Waals surface area contributed by atoms with Gasteiger partial charge >= 0.3 is 0 Å². The fourth-order valence-electron chi connectivity index (χ4n) is 1.74. The first-order chi connectivity index (χ1) is 10.8. The Morgan fingerprint density at radius 2 is 2.04 bits per heavy atom. The van der Waals surface area contributed by atoms with Crippen molar-refractivity contribution in [1.29, 1.82) is 0 Å². The van der Waals surface area contributed by atoms with Gasteiger partial charge in [-0.25, -0.2) is 0 Å². The van der Waals surface area contributed by atoms with Crippen molar-refractivity contribution < 1.29 is 13.6 Å². The van der Waals surface area contributed by atoms with Gasteiger partial charge in [0.05, 0.1) is 6.26 Å². The van der Waals surface area contributed by atoms with Gasteiger partial charge in [0.15, 0.2) is 8.32 Å². The van der Waals surface area contributed by atoms with Crippen LogP contribution in [0, 0.1) is 24.2 Å². The van der Waals surface area contributed by atoms with Gasteiger partial charge in [-0.05, 0) is 36.7 Å². The van der Waals surface area contributed by atoms with E-state index in [0.29, 0.717) is 6.61 Å². The Bertz CT molecular complexity index is 550. The first-order valence-corrected chi connectivity index (χ1v) is 10.9. The highest BCUT2D eigenvalue weighted by Crippen LogP contribution is 2.37. The molecule has 0 aromatic carbocycles. The monoisotopic (exact) mass is 332 g/mol. The molecule has 0 fully saturated rings. The minimum Gasteiger partial charge on any atom is -0.469 e. The molecule has 3 nitrogen and oxygen atoms in total. The molecule has 1 rings (SSSR count). The summed E-state index contributed by atoms with van der Waals surface area (Å²) < 4.78 is 17.0. The van der Waals surface area contributed by atoms with Crippen LogP contribution in [0.4, 0.5) is 0 Å². The Kier molecular flexibility index (Phi) is 7.65. The van der Waals surface area contributed by atoms with Crippen molar-refractivity contribution in [3.05, 3.63) is 24.2 Å². The molecule has 1 heterocycles. The molecular formula is C19H28O3Si. The predicted molar refractivity (Wildman–Crippen MR) is 96.5 cm³/mol. The summed E-state index contributed by atoms with van der Waals surface area (Å²) in [6, 6.07) is 3.88. The van der Waals surface area contributed by atoms with E-state index < -0.39 is 8.32 Å². The maximum atomic E-state index is 6.43. The SMILES string of the molecule is C#CCOCC#CC(CCc1ccco1)O[Si](C)(C)C(C)(C)C. The molecule has 0 saturated heterocycles. The van der Waals surface area contributed by atoms with Gasteiger partial charge in [-0.3, -0.25) is 0 Å². The number of aryl methyl sites for hydroxylation is 1. The van der Waals surface area contributed by atoms with Crippen molar-refractivity contribution in [2.75, 3.05) is 13.2 Å². The molecule has 0 bridgehead atoms. The second-order valence-electron chi connectivity index (χ2n) is 7.00. The Hall–Kier alpha value is -1.46. The summed E-state index contributed by atoms with van der Waals surface area (Å²) in [5.41, 5.74) is 0. The Morgan fingerprint density at radius 1 is 1.30 bits per heavy atom. The van der Waals surface area contributed by atoms with E-state index in [1.54, 1.807) is 6.26 Å². The van der Waals surface area contributed by atoms with Crippen molar-refractivity contribution in [3.63, 3.8) is 0 Å². The molecule has 0 aliphatic heterocycles. The minimum absolute atomic E-state index is 0.115. The van der Waals surface area contributed by atoms with Gasteiger partial charge < -0.3 is 13.6 Å². The van der Waals surface area contributed by atoms with Crippen molar-refractivity contribution >= 4 is 8.32 Å². The van der Waals surface area contributed by atoms with Crippen LogP contribution in [0.1, 0.15) is 33.0 Å². The average Bonchev–Trinajstić information content (AvgIpc) is 2.96. The lowest BCUT2D eigenvalue weighted by Crippen LogP contribution is -2.43. The third kappa shape index (κ3) is 7.10. The van der Waals surface area contributed by atoms with Crippen LogP contribution >= 0.6 is 0 Å². The highest BCUT2D eigenvalue weighted by Gasteiger charge is 2.38. The van der Waals surface area contributed by atoms with Crippen molar-refractivity contribution in [2.45, 2.75) is 57.8 Å². The van der Waals surface area contributed by atoms with E-state index in [1.165, 1.54) is 0 Å². The van der Waals surface area contributed by atoms with Gasteiger partial charge in [-0.1, -0.05) is 38.5 Å². The summed E-state index contributed by atoms with van der Waals surface area (Å²) in [6.45, 7) is 11.8. The number of ether oxygens (including phenoxy) is 1. The summed E-state index contributed by atoms with van der Waals surface area (Å²) in [4.78, 5) is 0. The summed E-state index contributed by atoms with van der Waals surface area (Å²) in [7, 11) is -1.87. The smallest absolute Gasteiger partial charge is 0.193 e. The van der Waals surface area contributed by atoms with Crippen LogP contribution < -0.4 is 0 Å². The molecule has 126 valence electrons. The molecule has 0 radical (unpaired) electrons. The Morgan fingerprint density at radius 3 is 2.61 bits per heavy atom. The average molecular weight is 333 g/mol. The molecule has 23 heavy (non-hydrogen) atoms. The van der Waals surface area contributed by atoms with E-state index in [9.17, 15) is 0 Å². The topological polar surface area (TPSA) is 31.6 Å². The highest BCUT2D eigenvalue weighted by atomic mass is 28.4. The van der Waals surface area contributed by atoms with Crippen LogP contribution in [0.25, 0.3) is 0 Å². The van der Waals surface area contributed by atoms with Gasteiger partial charge in [0.1, 0.15) is 25.1 Å². The molecule has 1 unspecified atom stereocenters. The second-order valence-corrected chi connectivity index (χ2v) is 11.8. The molecule has 0 spiro atoms. The van der Waals surface area contributed by atoms with E-state index in [1.807, 2.05) is 12.1 Å². The van der Waals surface area contributed by atoms with E-state index >= 15 is 0 Å². The Labute approximate surface area is 141 Å². The molecule has 4 heteroatoms. The van der Waals surface area contributed by atoms with Gasteiger partial charge in [0, 0.05) is 6.42 Å². The van der Waals surface area contributed by atoms with Crippen LogP contribution in [0.2, 0.25) is 18.1 Å². The van der Waals surface area contributed by atoms with E-state index in [2.05, 4.69) is 51.6 Å². The number of hydrogen-bond donors (Lipinski definition) is 0. The quantitative estimate of drug-likeness (QED) is 0.425. The standard InChI is InChI=1S/C19H28O3Si/c1-7-14-20-15-8-11-18(13-12-17-10-9-16-21-17)22-23(5,6)19(2,3)4/h1,9-10,16,18H,12-15H2,2-6H3. The first-order valence-electron chi connectivity index (χ1n) is 7.96. The zero-order valence-corrected chi connectivity index (χ0v) is 15.9. The summed E-state index contributed by atoms with van der Waals surface area (Å²) in [6.07, 6.45) is 8.35. The molecular weight excluding hydrogens is 304 g/mol. The normalized spacial score (nSPS) is 13.0. The number of terminal acetylenes is 1. The molecule has 1 aromatic heterocycles. The summed E-state index contributed by atoms with van der Waals surface area (Å²) >= 11 is 0. The van der Waals surface area contributed by atoms with E-state index in [0.717, 1.165) is 18.6 Å². The molecule has 0 saturated carbocycles. The molecule has 1 atom stereocenters. The van der Waals surface area contributed by atoms with Crippen LogP contribution in [0.15, 0.2) is 22.8 Å². The molecule has 1 aromatic rings. The number of rotatable bonds is 7. The third-order valence-corrected chi connectivity index (χ3v) is 8.58. The number of hydrogen-bond acceptors (Lipinski definition) is 3. The highest BCUT2D eigenvalue weighted by molar-refractivity contribution is 6.74. The minimum atomic E-state index is -1.87. The van der Waals surface area contributed by atoms with Gasteiger partial charge in [0.2, 0.25) is 0 Å². The van der Waals surface area contributed by atoms with E-state index in [-0.39, 0.29) is 17.7 Å². The van der Waals surface area contributed by atoms with Crippen LogP contribution in [0.5, 0.6) is 0 Å². The van der Waals surface area contributed by atoms with Gasteiger partial charge in [-0.15, -0.1) is 6.42 Å². The molecule has 0 amide bonds. The fourth-order valence-corrected chi connectivity index (χ4v) is 2.98. The summed E-state index contributed by atoms with van der Waals surface area (Å²) in [5.74, 6) is 9.61. The first kappa shape index (κ1) is 19.6. The Balaban J connectivity index is 2.69. The van der Waals surface area contributed by atoms with Crippen molar-refractivity contribution in [1.82, 2.24) is 0 Å². The maximum absolute atomic E-state index is 6.43.